The molecular weight excluding hydrogens is 253 g/mol. The van der Waals surface area contributed by atoms with Crippen LogP contribution in [0.4, 0.5) is 10.1 Å². The van der Waals surface area contributed by atoms with E-state index in [-0.39, 0.29) is 11.6 Å². The maximum Gasteiger partial charge on any atom is 0.256 e. The number of hydrogen-bond donors (Lipinski definition) is 1. The van der Waals surface area contributed by atoms with E-state index in [9.17, 15) is 9.18 Å². The zero-order chi connectivity index (χ0) is 13.1. The van der Waals surface area contributed by atoms with Crippen molar-refractivity contribution < 1.29 is 9.18 Å². The number of aryl methyl sites for hydroxylation is 1. The van der Waals surface area contributed by atoms with Crippen LogP contribution >= 0.6 is 11.6 Å². The van der Waals surface area contributed by atoms with Gasteiger partial charge in [-0.15, -0.1) is 0 Å². The Labute approximate surface area is 109 Å². The van der Waals surface area contributed by atoms with Crippen LogP contribution in [0.1, 0.15) is 15.9 Å². The van der Waals surface area contributed by atoms with Gasteiger partial charge in [-0.25, -0.2) is 4.39 Å². The first kappa shape index (κ1) is 12.6. The van der Waals surface area contributed by atoms with Gasteiger partial charge >= 0.3 is 0 Å². The summed E-state index contributed by atoms with van der Waals surface area (Å²) < 4.78 is 13.5. The number of anilines is 1. The Bertz CT molecular complexity index is 598. The van der Waals surface area contributed by atoms with Gasteiger partial charge in [0.15, 0.2) is 0 Å². The molecule has 2 aromatic rings. The number of halogens is 2. The number of amides is 1. The van der Waals surface area contributed by atoms with Crippen molar-refractivity contribution in [3.8, 4) is 0 Å². The summed E-state index contributed by atoms with van der Waals surface area (Å²) in [5, 5.41) is 2.81. The second kappa shape index (κ2) is 5.19. The van der Waals surface area contributed by atoms with Gasteiger partial charge in [0, 0.05) is 10.6 Å². The van der Waals surface area contributed by atoms with Crippen LogP contribution in [0.3, 0.4) is 0 Å². The van der Waals surface area contributed by atoms with Gasteiger partial charge in [-0.2, -0.15) is 0 Å². The van der Waals surface area contributed by atoms with Gasteiger partial charge in [0.1, 0.15) is 5.82 Å². The number of rotatable bonds is 2. The molecule has 0 radical (unpaired) electrons. The normalized spacial score (nSPS) is 10.2. The molecule has 0 bridgehead atoms. The van der Waals surface area contributed by atoms with Crippen LogP contribution in [0, 0.1) is 12.7 Å². The molecule has 2 nitrogen and oxygen atoms in total. The molecule has 18 heavy (non-hydrogen) atoms. The van der Waals surface area contributed by atoms with E-state index in [1.165, 1.54) is 12.1 Å². The molecule has 0 saturated carbocycles. The number of carbonyl (C=O) groups is 1. The first-order chi connectivity index (χ1) is 8.58. The second-order valence-corrected chi connectivity index (χ2v) is 4.33. The zero-order valence-electron chi connectivity index (χ0n) is 9.71. The molecule has 0 aliphatic carbocycles. The number of nitrogens with one attached hydrogen (secondary N) is 1. The Kier molecular flexibility index (Phi) is 3.63. The third-order valence-electron chi connectivity index (χ3n) is 2.57. The van der Waals surface area contributed by atoms with Gasteiger partial charge in [0.05, 0.1) is 5.69 Å². The van der Waals surface area contributed by atoms with Crippen LogP contribution in [0.15, 0.2) is 42.5 Å². The summed E-state index contributed by atoms with van der Waals surface area (Å²) in [7, 11) is 0. The van der Waals surface area contributed by atoms with E-state index in [4.69, 9.17) is 11.6 Å². The van der Waals surface area contributed by atoms with E-state index >= 15 is 0 Å². The predicted molar refractivity (Wildman–Crippen MR) is 70.5 cm³/mol. The van der Waals surface area contributed by atoms with Crippen LogP contribution < -0.4 is 5.32 Å². The van der Waals surface area contributed by atoms with Gasteiger partial charge in [-0.1, -0.05) is 29.8 Å². The molecule has 92 valence electrons. The highest BCUT2D eigenvalue weighted by atomic mass is 35.5. The largest absolute Gasteiger partial charge is 0.319 e. The molecule has 0 fully saturated rings. The molecule has 0 aliphatic rings. The molecule has 0 unspecified atom stereocenters. The molecule has 2 rings (SSSR count). The fraction of sp³-hybridized carbons (Fsp3) is 0.0714. The average Bonchev–Trinajstić information content (AvgIpc) is 2.33. The molecule has 4 heteroatoms. The number of carbonyl (C=O) groups excluding carboxylic acids is 1. The van der Waals surface area contributed by atoms with E-state index in [2.05, 4.69) is 5.32 Å². The lowest BCUT2D eigenvalue weighted by Gasteiger charge is -2.08. The molecule has 0 spiro atoms. The Morgan fingerprint density at radius 2 is 1.94 bits per heavy atom. The molecule has 1 amide bonds. The topological polar surface area (TPSA) is 29.1 Å². The van der Waals surface area contributed by atoms with Crippen LogP contribution in [0.25, 0.3) is 0 Å². The molecule has 2 aromatic carbocycles. The molecule has 1 N–H and O–H groups in total. The molecular formula is C14H11ClFNO. The summed E-state index contributed by atoms with van der Waals surface area (Å²) in [5.74, 6) is -0.890. The number of hydrogen-bond acceptors (Lipinski definition) is 1. The van der Waals surface area contributed by atoms with E-state index in [0.29, 0.717) is 10.6 Å². The van der Waals surface area contributed by atoms with E-state index in [1.807, 2.05) is 19.1 Å². The van der Waals surface area contributed by atoms with Crippen molar-refractivity contribution in [1.82, 2.24) is 0 Å². The molecule has 0 aliphatic heterocycles. The third-order valence-corrected chi connectivity index (χ3v) is 2.80. The Hall–Kier alpha value is -1.87. The molecule has 0 aromatic heterocycles. The van der Waals surface area contributed by atoms with Crippen molar-refractivity contribution in [2.24, 2.45) is 0 Å². The van der Waals surface area contributed by atoms with Gasteiger partial charge in [-0.05, 0) is 36.8 Å². The van der Waals surface area contributed by atoms with Crippen molar-refractivity contribution in [1.29, 1.82) is 0 Å². The monoisotopic (exact) mass is 263 g/mol. The summed E-state index contributed by atoms with van der Waals surface area (Å²) in [6.07, 6.45) is 0. The lowest BCUT2D eigenvalue weighted by atomic mass is 10.1. The quantitative estimate of drug-likeness (QED) is 0.870. The minimum absolute atomic E-state index is 0.118. The van der Waals surface area contributed by atoms with E-state index in [0.717, 1.165) is 11.6 Å². The fourth-order valence-corrected chi connectivity index (χ4v) is 1.77. The maximum absolute atomic E-state index is 13.5. The van der Waals surface area contributed by atoms with Gasteiger partial charge < -0.3 is 5.32 Å². The lowest BCUT2D eigenvalue weighted by Crippen LogP contribution is -2.14. The molecule has 0 atom stereocenters. The highest BCUT2D eigenvalue weighted by Crippen LogP contribution is 2.20. The second-order valence-electron chi connectivity index (χ2n) is 3.89. The SMILES string of the molecule is Cc1ccccc1C(=O)Nc1ccc(Cl)cc1F. The van der Waals surface area contributed by atoms with Crippen molar-refractivity contribution in [2.45, 2.75) is 6.92 Å². The van der Waals surface area contributed by atoms with Crippen LogP contribution in [0.5, 0.6) is 0 Å². The predicted octanol–water partition coefficient (Wildman–Crippen LogP) is 4.04. The van der Waals surface area contributed by atoms with E-state index in [1.54, 1.807) is 12.1 Å². The third kappa shape index (κ3) is 2.68. The van der Waals surface area contributed by atoms with Crippen molar-refractivity contribution in [2.75, 3.05) is 5.32 Å². The molecule has 0 saturated heterocycles. The summed E-state index contributed by atoms with van der Waals surface area (Å²) >= 11 is 5.64. The average molecular weight is 264 g/mol. The summed E-state index contributed by atoms with van der Waals surface area (Å²) in [6, 6.07) is 11.3. The van der Waals surface area contributed by atoms with Crippen molar-refractivity contribution in [3.63, 3.8) is 0 Å². The van der Waals surface area contributed by atoms with Crippen molar-refractivity contribution in [3.05, 3.63) is 64.4 Å². The first-order valence-corrected chi connectivity index (χ1v) is 5.78. The minimum Gasteiger partial charge on any atom is -0.319 e. The fourth-order valence-electron chi connectivity index (χ4n) is 1.61. The van der Waals surface area contributed by atoms with Gasteiger partial charge in [0.2, 0.25) is 0 Å². The van der Waals surface area contributed by atoms with Crippen molar-refractivity contribution >= 4 is 23.2 Å². The Balaban J connectivity index is 2.24. The first-order valence-electron chi connectivity index (χ1n) is 5.40. The lowest BCUT2D eigenvalue weighted by molar-refractivity contribution is 0.102. The van der Waals surface area contributed by atoms with Crippen LogP contribution in [-0.4, -0.2) is 5.91 Å². The van der Waals surface area contributed by atoms with Gasteiger partial charge in [0.25, 0.3) is 5.91 Å². The molecule has 0 heterocycles. The smallest absolute Gasteiger partial charge is 0.256 e. The summed E-state index contributed by atoms with van der Waals surface area (Å²) in [6.45, 7) is 1.83. The maximum atomic E-state index is 13.5. The van der Waals surface area contributed by atoms with Gasteiger partial charge in [-0.3, -0.25) is 4.79 Å². The zero-order valence-corrected chi connectivity index (χ0v) is 10.5. The Morgan fingerprint density at radius 1 is 1.22 bits per heavy atom. The summed E-state index contributed by atoms with van der Waals surface area (Å²) in [4.78, 5) is 12.0. The highest BCUT2D eigenvalue weighted by Gasteiger charge is 2.11. The van der Waals surface area contributed by atoms with Crippen LogP contribution in [-0.2, 0) is 0 Å². The Morgan fingerprint density at radius 3 is 2.61 bits per heavy atom. The highest BCUT2D eigenvalue weighted by molar-refractivity contribution is 6.30. The standard InChI is InChI=1S/C14H11ClFNO/c1-9-4-2-3-5-11(9)14(18)17-13-7-6-10(15)8-12(13)16/h2-8H,1H3,(H,17,18). The minimum atomic E-state index is -0.551. The number of benzene rings is 2. The summed E-state index contributed by atoms with van der Waals surface area (Å²) in [5.41, 5.74) is 1.48. The van der Waals surface area contributed by atoms with E-state index < -0.39 is 5.82 Å². The van der Waals surface area contributed by atoms with Crippen LogP contribution in [0.2, 0.25) is 5.02 Å².